The number of nitrogens with zero attached hydrogens (tertiary/aromatic N) is 3. The second-order valence-electron chi connectivity index (χ2n) is 4.27. The second kappa shape index (κ2) is 7.09. The topological polar surface area (TPSA) is 59.9 Å². The SMILES string of the molecule is CCCNc1nc(OC)nc(Sc2cccc(C)c2)n1. The molecule has 20 heavy (non-hydrogen) atoms. The zero-order valence-electron chi connectivity index (χ0n) is 11.9. The molecule has 0 spiro atoms. The number of benzene rings is 1. The van der Waals surface area contributed by atoms with Gasteiger partial charge in [0.1, 0.15) is 0 Å². The van der Waals surface area contributed by atoms with Crippen LogP contribution in [0.25, 0.3) is 0 Å². The summed E-state index contributed by atoms with van der Waals surface area (Å²) in [7, 11) is 1.56. The third-order valence-corrected chi connectivity index (χ3v) is 3.36. The van der Waals surface area contributed by atoms with Crippen LogP contribution in [-0.2, 0) is 0 Å². The van der Waals surface area contributed by atoms with Crippen molar-refractivity contribution in [3.05, 3.63) is 29.8 Å². The maximum atomic E-state index is 5.12. The summed E-state index contributed by atoms with van der Waals surface area (Å²) in [6, 6.07) is 8.54. The molecular weight excluding hydrogens is 272 g/mol. The molecule has 2 rings (SSSR count). The summed E-state index contributed by atoms with van der Waals surface area (Å²) in [5.41, 5.74) is 1.21. The predicted molar refractivity (Wildman–Crippen MR) is 80.5 cm³/mol. The van der Waals surface area contributed by atoms with E-state index in [1.807, 2.05) is 12.1 Å². The van der Waals surface area contributed by atoms with Crippen molar-refractivity contribution in [2.24, 2.45) is 0 Å². The summed E-state index contributed by atoms with van der Waals surface area (Å²) < 4.78 is 5.12. The molecule has 0 fully saturated rings. The number of aromatic nitrogens is 3. The molecule has 1 heterocycles. The van der Waals surface area contributed by atoms with Crippen LogP contribution in [0.15, 0.2) is 34.3 Å². The van der Waals surface area contributed by atoms with Crippen molar-refractivity contribution in [3.8, 4) is 6.01 Å². The second-order valence-corrected chi connectivity index (χ2v) is 5.31. The molecule has 0 aliphatic heterocycles. The molecule has 0 atom stereocenters. The Labute approximate surface area is 123 Å². The lowest BCUT2D eigenvalue weighted by Crippen LogP contribution is -2.07. The lowest BCUT2D eigenvalue weighted by molar-refractivity contribution is 0.373. The number of hydrogen-bond donors (Lipinski definition) is 1. The summed E-state index contributed by atoms with van der Waals surface area (Å²) in [5.74, 6) is 0.550. The van der Waals surface area contributed by atoms with Gasteiger partial charge in [0.25, 0.3) is 0 Å². The lowest BCUT2D eigenvalue weighted by Gasteiger charge is -2.07. The van der Waals surface area contributed by atoms with Gasteiger partial charge in [0.05, 0.1) is 7.11 Å². The molecule has 0 unspecified atom stereocenters. The Morgan fingerprint density at radius 2 is 2.10 bits per heavy atom. The molecule has 1 aromatic heterocycles. The summed E-state index contributed by atoms with van der Waals surface area (Å²) in [6.07, 6.45) is 1.01. The van der Waals surface area contributed by atoms with Crippen LogP contribution in [0.1, 0.15) is 18.9 Å². The molecular formula is C14H18N4OS. The third-order valence-electron chi connectivity index (χ3n) is 2.51. The summed E-state index contributed by atoms with van der Waals surface area (Å²) >= 11 is 1.50. The van der Waals surface area contributed by atoms with Gasteiger partial charge in [0.2, 0.25) is 11.1 Å². The molecule has 2 aromatic rings. The van der Waals surface area contributed by atoms with Gasteiger partial charge in [-0.1, -0.05) is 24.6 Å². The molecule has 1 N–H and O–H groups in total. The number of rotatable bonds is 6. The predicted octanol–water partition coefficient (Wildman–Crippen LogP) is 3.16. The minimum Gasteiger partial charge on any atom is -0.467 e. The van der Waals surface area contributed by atoms with Crippen LogP contribution >= 0.6 is 11.8 Å². The summed E-state index contributed by atoms with van der Waals surface area (Å²) in [5, 5.41) is 3.78. The summed E-state index contributed by atoms with van der Waals surface area (Å²) in [6.45, 7) is 4.97. The van der Waals surface area contributed by atoms with Crippen molar-refractivity contribution in [2.45, 2.75) is 30.3 Å². The molecule has 0 saturated heterocycles. The van der Waals surface area contributed by atoms with Gasteiger partial charge in [-0.2, -0.15) is 15.0 Å². The van der Waals surface area contributed by atoms with Crippen LogP contribution in [-0.4, -0.2) is 28.6 Å². The van der Waals surface area contributed by atoms with E-state index < -0.39 is 0 Å². The molecule has 0 aliphatic rings. The first-order chi connectivity index (χ1) is 9.71. The Morgan fingerprint density at radius 1 is 1.25 bits per heavy atom. The van der Waals surface area contributed by atoms with Crippen molar-refractivity contribution in [3.63, 3.8) is 0 Å². The Kier molecular flexibility index (Phi) is 5.17. The zero-order chi connectivity index (χ0) is 14.4. The fourth-order valence-electron chi connectivity index (χ4n) is 1.58. The first-order valence-electron chi connectivity index (χ1n) is 6.49. The highest BCUT2D eigenvalue weighted by molar-refractivity contribution is 7.99. The van der Waals surface area contributed by atoms with E-state index >= 15 is 0 Å². The van der Waals surface area contributed by atoms with E-state index in [0.29, 0.717) is 17.1 Å². The quantitative estimate of drug-likeness (QED) is 0.882. The van der Waals surface area contributed by atoms with E-state index in [4.69, 9.17) is 4.74 Å². The molecule has 0 amide bonds. The van der Waals surface area contributed by atoms with E-state index in [2.05, 4.69) is 46.2 Å². The highest BCUT2D eigenvalue weighted by Gasteiger charge is 2.08. The van der Waals surface area contributed by atoms with Crippen LogP contribution in [0.4, 0.5) is 5.95 Å². The number of anilines is 1. The number of hydrogen-bond acceptors (Lipinski definition) is 6. The number of aryl methyl sites for hydroxylation is 1. The van der Waals surface area contributed by atoms with Gasteiger partial charge in [0.15, 0.2) is 0 Å². The van der Waals surface area contributed by atoms with Crippen LogP contribution in [0.5, 0.6) is 6.01 Å². The van der Waals surface area contributed by atoms with Crippen LogP contribution in [0, 0.1) is 6.92 Å². The van der Waals surface area contributed by atoms with Crippen molar-refractivity contribution in [2.75, 3.05) is 19.0 Å². The van der Waals surface area contributed by atoms with Gasteiger partial charge in [-0.15, -0.1) is 0 Å². The van der Waals surface area contributed by atoms with Gasteiger partial charge < -0.3 is 10.1 Å². The monoisotopic (exact) mass is 290 g/mol. The van der Waals surface area contributed by atoms with Crippen molar-refractivity contribution in [1.29, 1.82) is 0 Å². The van der Waals surface area contributed by atoms with E-state index in [1.165, 1.54) is 17.3 Å². The Morgan fingerprint density at radius 3 is 2.80 bits per heavy atom. The van der Waals surface area contributed by atoms with Crippen molar-refractivity contribution in [1.82, 2.24) is 15.0 Å². The van der Waals surface area contributed by atoms with Crippen LogP contribution < -0.4 is 10.1 Å². The summed E-state index contributed by atoms with van der Waals surface area (Å²) in [4.78, 5) is 13.9. The highest BCUT2D eigenvalue weighted by Crippen LogP contribution is 2.26. The first kappa shape index (κ1) is 14.6. The maximum Gasteiger partial charge on any atom is 0.321 e. The van der Waals surface area contributed by atoms with E-state index in [-0.39, 0.29) is 0 Å². The molecule has 6 heteroatoms. The number of methoxy groups -OCH3 is 1. The van der Waals surface area contributed by atoms with Gasteiger partial charge in [-0.3, -0.25) is 0 Å². The average molecular weight is 290 g/mol. The number of ether oxygens (including phenoxy) is 1. The van der Waals surface area contributed by atoms with E-state index in [1.54, 1.807) is 7.11 Å². The van der Waals surface area contributed by atoms with Crippen LogP contribution in [0.3, 0.4) is 0 Å². The molecule has 0 saturated carbocycles. The average Bonchev–Trinajstić information content (AvgIpc) is 2.45. The van der Waals surface area contributed by atoms with Gasteiger partial charge in [-0.25, -0.2) is 0 Å². The van der Waals surface area contributed by atoms with Gasteiger partial charge in [0, 0.05) is 11.4 Å². The van der Waals surface area contributed by atoms with Gasteiger partial charge >= 0.3 is 6.01 Å². The molecule has 0 bridgehead atoms. The lowest BCUT2D eigenvalue weighted by atomic mass is 10.2. The van der Waals surface area contributed by atoms with E-state index in [0.717, 1.165) is 17.9 Å². The normalized spacial score (nSPS) is 10.3. The molecule has 5 nitrogen and oxygen atoms in total. The molecule has 0 aliphatic carbocycles. The zero-order valence-corrected chi connectivity index (χ0v) is 12.7. The standard InChI is InChI=1S/C14H18N4OS/c1-4-8-15-12-16-13(19-3)18-14(17-12)20-11-7-5-6-10(2)9-11/h5-7,9H,4,8H2,1-3H3,(H,15,16,17,18). The molecule has 1 aromatic carbocycles. The largest absolute Gasteiger partial charge is 0.467 e. The van der Waals surface area contributed by atoms with Crippen molar-refractivity contribution < 1.29 is 4.74 Å². The Hall–Kier alpha value is -1.82. The van der Waals surface area contributed by atoms with Crippen LogP contribution in [0.2, 0.25) is 0 Å². The fourth-order valence-corrected chi connectivity index (χ4v) is 2.43. The van der Waals surface area contributed by atoms with Crippen molar-refractivity contribution >= 4 is 17.7 Å². The Bertz CT molecular complexity index is 577. The molecule has 106 valence electrons. The highest BCUT2D eigenvalue weighted by atomic mass is 32.2. The minimum atomic E-state index is 0.328. The smallest absolute Gasteiger partial charge is 0.321 e. The third kappa shape index (κ3) is 4.09. The van der Waals surface area contributed by atoms with E-state index in [9.17, 15) is 0 Å². The number of nitrogens with one attached hydrogen (secondary N) is 1. The minimum absolute atomic E-state index is 0.328. The molecule has 0 radical (unpaired) electrons. The maximum absolute atomic E-state index is 5.12. The fraction of sp³-hybridized carbons (Fsp3) is 0.357. The van der Waals surface area contributed by atoms with Gasteiger partial charge in [-0.05, 0) is 37.2 Å². The Balaban J connectivity index is 2.21. The first-order valence-corrected chi connectivity index (χ1v) is 7.31.